The summed E-state index contributed by atoms with van der Waals surface area (Å²) in [4.78, 5) is 0. The van der Waals surface area contributed by atoms with E-state index in [0.717, 1.165) is 5.02 Å². The van der Waals surface area contributed by atoms with Crippen LogP contribution in [-0.4, -0.2) is 7.85 Å². The van der Waals surface area contributed by atoms with Gasteiger partial charge >= 0.3 is 0 Å². The quantitative estimate of drug-likeness (QED) is 0.388. The van der Waals surface area contributed by atoms with E-state index in [1.807, 2.05) is 6.07 Å². The highest BCUT2D eigenvalue weighted by atomic mass is 35.5. The molecule has 0 fully saturated rings. The Balaban J connectivity index is 2.00. The first-order valence-corrected chi connectivity index (χ1v) is 9.61. The molecule has 0 aromatic heterocycles. The van der Waals surface area contributed by atoms with Crippen molar-refractivity contribution in [2.45, 2.75) is 5.41 Å². The molecule has 27 heavy (non-hydrogen) atoms. The molecule has 0 heterocycles. The molecule has 4 aromatic carbocycles. The zero-order valence-corrected chi connectivity index (χ0v) is 15.9. The Morgan fingerprint density at radius 2 is 1.11 bits per heavy atom. The van der Waals surface area contributed by atoms with Crippen molar-refractivity contribution >= 4 is 24.9 Å². The summed E-state index contributed by atoms with van der Waals surface area (Å²) in [5.41, 5.74) is 8.59. The molecule has 0 bridgehead atoms. The van der Waals surface area contributed by atoms with E-state index in [1.165, 1.54) is 38.8 Å². The summed E-state index contributed by atoms with van der Waals surface area (Å²) in [5, 5.41) is 0.773. The standard InChI is InChI=1S/C25H18BCl/c26-19-11-13-21-22-14-12-20(27)16-24(22)25(23(21)15-19,17-7-3-1-4-8-17)18-9-5-2-6-10-18/h1-16H,26H2. The maximum atomic E-state index is 6.50. The molecule has 0 atom stereocenters. The van der Waals surface area contributed by atoms with Crippen LogP contribution in [0.3, 0.4) is 0 Å². The van der Waals surface area contributed by atoms with Crippen molar-refractivity contribution in [3.63, 3.8) is 0 Å². The third-order valence-corrected chi connectivity index (χ3v) is 5.90. The molecule has 0 N–H and O–H groups in total. The highest BCUT2D eigenvalue weighted by Gasteiger charge is 2.46. The van der Waals surface area contributed by atoms with Crippen LogP contribution < -0.4 is 5.46 Å². The molecule has 0 saturated carbocycles. The second-order valence-electron chi connectivity index (χ2n) is 7.22. The largest absolute Gasteiger partial charge is 0.139 e. The number of hydrogen-bond donors (Lipinski definition) is 0. The van der Waals surface area contributed by atoms with Gasteiger partial charge in [-0.15, -0.1) is 0 Å². The smallest absolute Gasteiger partial charge is 0.0886 e. The molecule has 0 saturated heterocycles. The zero-order valence-electron chi connectivity index (χ0n) is 15.1. The van der Waals surface area contributed by atoms with Crippen LogP contribution in [0.2, 0.25) is 5.02 Å². The fraction of sp³-hybridized carbons (Fsp3) is 0.0400. The van der Waals surface area contributed by atoms with Gasteiger partial charge in [-0.2, -0.15) is 0 Å². The van der Waals surface area contributed by atoms with Gasteiger partial charge in [-0.05, 0) is 45.5 Å². The van der Waals surface area contributed by atoms with Gasteiger partial charge in [0.05, 0.1) is 5.41 Å². The fourth-order valence-electron chi connectivity index (χ4n) is 4.57. The van der Waals surface area contributed by atoms with E-state index in [2.05, 4.69) is 98.8 Å². The van der Waals surface area contributed by atoms with Crippen LogP contribution in [0.5, 0.6) is 0 Å². The minimum atomic E-state index is -0.357. The molecule has 1 aliphatic rings. The molecule has 0 radical (unpaired) electrons. The Hall–Kier alpha value is -2.77. The molecule has 128 valence electrons. The SMILES string of the molecule is Bc1ccc2c(c1)C(c1ccccc1)(c1ccccc1)c1cc(Cl)ccc1-2. The van der Waals surface area contributed by atoms with Gasteiger partial charge < -0.3 is 0 Å². The Morgan fingerprint density at radius 1 is 0.593 bits per heavy atom. The van der Waals surface area contributed by atoms with Crippen LogP contribution in [-0.2, 0) is 5.41 Å². The van der Waals surface area contributed by atoms with Gasteiger partial charge in [-0.1, -0.05) is 102 Å². The van der Waals surface area contributed by atoms with Crippen LogP contribution in [0.1, 0.15) is 22.3 Å². The van der Waals surface area contributed by atoms with E-state index in [9.17, 15) is 0 Å². The molecular weight excluding hydrogens is 347 g/mol. The van der Waals surface area contributed by atoms with Gasteiger partial charge in [0.25, 0.3) is 0 Å². The lowest BCUT2D eigenvalue weighted by molar-refractivity contribution is 0.769. The van der Waals surface area contributed by atoms with Crippen LogP contribution in [0.15, 0.2) is 97.1 Å². The first-order valence-electron chi connectivity index (χ1n) is 9.24. The number of halogens is 1. The summed E-state index contributed by atoms with van der Waals surface area (Å²) in [7, 11) is 2.16. The van der Waals surface area contributed by atoms with Gasteiger partial charge in [0.1, 0.15) is 7.85 Å². The predicted octanol–water partition coefficient (Wildman–Crippen LogP) is 4.96. The number of fused-ring (bicyclic) bond motifs is 3. The summed E-state index contributed by atoms with van der Waals surface area (Å²) >= 11 is 6.50. The highest BCUT2D eigenvalue weighted by Crippen LogP contribution is 2.56. The molecule has 4 aromatic rings. The monoisotopic (exact) mass is 364 g/mol. The van der Waals surface area contributed by atoms with E-state index >= 15 is 0 Å². The van der Waals surface area contributed by atoms with Crippen LogP contribution >= 0.6 is 11.6 Å². The van der Waals surface area contributed by atoms with Crippen LogP contribution in [0.25, 0.3) is 11.1 Å². The van der Waals surface area contributed by atoms with E-state index in [1.54, 1.807) is 0 Å². The van der Waals surface area contributed by atoms with Gasteiger partial charge in [0.2, 0.25) is 0 Å². The van der Waals surface area contributed by atoms with Gasteiger partial charge in [0.15, 0.2) is 0 Å². The number of hydrogen-bond acceptors (Lipinski definition) is 0. The summed E-state index contributed by atoms with van der Waals surface area (Å²) in [6.07, 6.45) is 0. The lowest BCUT2D eigenvalue weighted by Crippen LogP contribution is -2.29. The first kappa shape index (κ1) is 16.4. The van der Waals surface area contributed by atoms with Crippen molar-refractivity contribution in [3.05, 3.63) is 124 Å². The Morgan fingerprint density at radius 3 is 1.70 bits per heavy atom. The molecule has 1 aliphatic carbocycles. The molecule has 0 nitrogen and oxygen atoms in total. The first-order chi connectivity index (χ1) is 13.2. The second-order valence-corrected chi connectivity index (χ2v) is 7.66. The van der Waals surface area contributed by atoms with Gasteiger partial charge in [-0.25, -0.2) is 0 Å². The normalized spacial score (nSPS) is 13.8. The third-order valence-electron chi connectivity index (χ3n) is 5.67. The van der Waals surface area contributed by atoms with Crippen LogP contribution in [0, 0.1) is 0 Å². The topological polar surface area (TPSA) is 0 Å². The zero-order chi connectivity index (χ0) is 18.4. The minimum absolute atomic E-state index is 0.357. The van der Waals surface area contributed by atoms with Crippen molar-refractivity contribution in [2.75, 3.05) is 0 Å². The van der Waals surface area contributed by atoms with Crippen molar-refractivity contribution in [2.24, 2.45) is 0 Å². The fourth-order valence-corrected chi connectivity index (χ4v) is 4.75. The molecule has 2 heteroatoms. The van der Waals surface area contributed by atoms with E-state index in [-0.39, 0.29) is 5.41 Å². The van der Waals surface area contributed by atoms with Crippen molar-refractivity contribution in [1.82, 2.24) is 0 Å². The number of rotatable bonds is 2. The second kappa shape index (κ2) is 6.15. The Labute approximate surface area is 165 Å². The van der Waals surface area contributed by atoms with Crippen LogP contribution in [0.4, 0.5) is 0 Å². The molecule has 0 amide bonds. The van der Waals surface area contributed by atoms with Crippen molar-refractivity contribution in [1.29, 1.82) is 0 Å². The minimum Gasteiger partial charge on any atom is -0.0886 e. The summed E-state index contributed by atoms with van der Waals surface area (Å²) < 4.78 is 0. The van der Waals surface area contributed by atoms with Gasteiger partial charge in [-0.3, -0.25) is 0 Å². The third kappa shape index (κ3) is 2.32. The molecule has 0 unspecified atom stereocenters. The number of benzene rings is 4. The van der Waals surface area contributed by atoms with Crippen molar-refractivity contribution < 1.29 is 0 Å². The predicted molar refractivity (Wildman–Crippen MR) is 117 cm³/mol. The maximum Gasteiger partial charge on any atom is 0.139 e. The lowest BCUT2D eigenvalue weighted by Gasteiger charge is -2.34. The van der Waals surface area contributed by atoms with E-state index < -0.39 is 0 Å². The Kier molecular flexibility index (Phi) is 3.74. The van der Waals surface area contributed by atoms with Crippen molar-refractivity contribution in [3.8, 4) is 11.1 Å². The van der Waals surface area contributed by atoms with Gasteiger partial charge in [0, 0.05) is 5.02 Å². The lowest BCUT2D eigenvalue weighted by atomic mass is 9.67. The van der Waals surface area contributed by atoms with E-state index in [4.69, 9.17) is 11.6 Å². The summed E-state index contributed by atoms with van der Waals surface area (Å²) in [5.74, 6) is 0. The Bertz CT molecular complexity index is 1040. The highest BCUT2D eigenvalue weighted by molar-refractivity contribution is 6.32. The van der Waals surface area contributed by atoms with E-state index in [0.29, 0.717) is 0 Å². The molecular formula is C25H18BCl. The average Bonchev–Trinajstić information content (AvgIpc) is 2.99. The average molecular weight is 365 g/mol. The maximum absolute atomic E-state index is 6.50. The molecule has 5 rings (SSSR count). The molecule has 0 spiro atoms. The summed E-state index contributed by atoms with van der Waals surface area (Å²) in [6.45, 7) is 0. The summed E-state index contributed by atoms with van der Waals surface area (Å²) in [6, 6.07) is 34.7. The molecule has 0 aliphatic heterocycles.